The van der Waals surface area contributed by atoms with Gasteiger partial charge in [0.15, 0.2) is 5.84 Å². The molecule has 110 valence electrons. The van der Waals surface area contributed by atoms with Crippen molar-refractivity contribution in [2.75, 3.05) is 11.4 Å². The van der Waals surface area contributed by atoms with Crippen LogP contribution in [0, 0.1) is 6.92 Å². The number of oxime groups is 1. The first-order valence-electron chi connectivity index (χ1n) is 7.39. The van der Waals surface area contributed by atoms with Gasteiger partial charge < -0.3 is 15.8 Å². The van der Waals surface area contributed by atoms with Gasteiger partial charge in [-0.15, -0.1) is 0 Å². The van der Waals surface area contributed by atoms with Crippen molar-refractivity contribution in [2.24, 2.45) is 10.9 Å². The summed E-state index contributed by atoms with van der Waals surface area (Å²) in [5.74, 6) is 1.07. The molecule has 3 N–H and O–H groups in total. The Balaban J connectivity index is 2.31. The lowest BCUT2D eigenvalue weighted by atomic mass is 9.94. The SMILES string of the molecule is CCN(c1cc(/C(N)=N/O)cc(C)n1)C1CCCCC1. The molecule has 0 radical (unpaired) electrons. The number of aromatic nitrogens is 1. The minimum absolute atomic E-state index is 0.136. The second-order valence-corrected chi connectivity index (χ2v) is 5.42. The van der Waals surface area contributed by atoms with Crippen LogP contribution in [0.4, 0.5) is 5.82 Å². The highest BCUT2D eigenvalue weighted by Gasteiger charge is 2.21. The van der Waals surface area contributed by atoms with Crippen LogP contribution in [0.25, 0.3) is 0 Å². The Morgan fingerprint density at radius 3 is 2.70 bits per heavy atom. The van der Waals surface area contributed by atoms with E-state index in [0.29, 0.717) is 6.04 Å². The lowest BCUT2D eigenvalue weighted by Crippen LogP contribution is -2.37. The van der Waals surface area contributed by atoms with Gasteiger partial charge >= 0.3 is 0 Å². The van der Waals surface area contributed by atoms with Crippen LogP contribution in [-0.4, -0.2) is 28.6 Å². The second kappa shape index (κ2) is 6.59. The van der Waals surface area contributed by atoms with Crippen LogP contribution in [0.1, 0.15) is 50.3 Å². The molecule has 1 fully saturated rings. The van der Waals surface area contributed by atoms with Gasteiger partial charge in [0.25, 0.3) is 0 Å². The average Bonchev–Trinajstić information content (AvgIpc) is 2.48. The van der Waals surface area contributed by atoms with Gasteiger partial charge in [-0.25, -0.2) is 4.98 Å². The fraction of sp³-hybridized carbons (Fsp3) is 0.600. The fourth-order valence-electron chi connectivity index (χ4n) is 3.00. The largest absolute Gasteiger partial charge is 0.409 e. The Labute approximate surface area is 120 Å². The van der Waals surface area contributed by atoms with E-state index in [1.54, 1.807) is 0 Å². The second-order valence-electron chi connectivity index (χ2n) is 5.42. The third-order valence-corrected chi connectivity index (χ3v) is 3.99. The first-order chi connectivity index (χ1) is 9.65. The van der Waals surface area contributed by atoms with Gasteiger partial charge in [-0.05, 0) is 38.8 Å². The van der Waals surface area contributed by atoms with Crippen LogP contribution in [0.2, 0.25) is 0 Å². The Kier molecular flexibility index (Phi) is 4.82. The number of nitrogens with two attached hydrogens (primary N) is 1. The molecule has 1 aromatic heterocycles. The van der Waals surface area contributed by atoms with Crippen molar-refractivity contribution in [3.05, 3.63) is 23.4 Å². The standard InChI is InChI=1S/C15H24N4O/c1-3-19(13-7-5-4-6-8-13)14-10-12(15(16)18-20)9-11(2)17-14/h9-10,13,20H,3-8H2,1-2H3,(H2,16,18). The van der Waals surface area contributed by atoms with Crippen LogP contribution in [-0.2, 0) is 0 Å². The lowest BCUT2D eigenvalue weighted by Gasteiger charge is -2.34. The van der Waals surface area contributed by atoms with Crippen molar-refractivity contribution in [2.45, 2.75) is 52.0 Å². The van der Waals surface area contributed by atoms with Gasteiger partial charge in [0.1, 0.15) is 5.82 Å². The molecule has 5 nitrogen and oxygen atoms in total. The maximum Gasteiger partial charge on any atom is 0.170 e. The highest BCUT2D eigenvalue weighted by atomic mass is 16.4. The Morgan fingerprint density at radius 1 is 1.40 bits per heavy atom. The van der Waals surface area contributed by atoms with Crippen LogP contribution in [0.5, 0.6) is 0 Å². The monoisotopic (exact) mass is 276 g/mol. The molecule has 0 spiro atoms. The van der Waals surface area contributed by atoms with Gasteiger partial charge in [0, 0.05) is 23.8 Å². The van der Waals surface area contributed by atoms with Crippen LogP contribution in [0.15, 0.2) is 17.3 Å². The van der Waals surface area contributed by atoms with Crippen molar-refractivity contribution in [3.8, 4) is 0 Å². The summed E-state index contributed by atoms with van der Waals surface area (Å²) in [4.78, 5) is 6.98. The molecule has 0 aliphatic heterocycles. The van der Waals surface area contributed by atoms with E-state index in [1.165, 1.54) is 32.1 Å². The minimum Gasteiger partial charge on any atom is -0.409 e. The molecule has 1 saturated carbocycles. The van der Waals surface area contributed by atoms with Crippen molar-refractivity contribution in [1.29, 1.82) is 0 Å². The summed E-state index contributed by atoms with van der Waals surface area (Å²) < 4.78 is 0. The Morgan fingerprint density at radius 2 is 2.10 bits per heavy atom. The molecular weight excluding hydrogens is 252 g/mol. The Bertz CT molecular complexity index is 481. The number of hydrogen-bond acceptors (Lipinski definition) is 4. The molecule has 0 bridgehead atoms. The molecule has 0 amide bonds. The summed E-state index contributed by atoms with van der Waals surface area (Å²) in [5.41, 5.74) is 7.32. The molecule has 2 rings (SSSR count). The van der Waals surface area contributed by atoms with Crippen LogP contribution in [0.3, 0.4) is 0 Å². The topological polar surface area (TPSA) is 74.7 Å². The predicted octanol–water partition coefficient (Wildman–Crippen LogP) is 2.64. The average molecular weight is 276 g/mol. The van der Waals surface area contributed by atoms with E-state index in [1.807, 2.05) is 19.1 Å². The van der Waals surface area contributed by atoms with E-state index < -0.39 is 0 Å². The zero-order chi connectivity index (χ0) is 14.5. The molecule has 5 heteroatoms. The highest BCUT2D eigenvalue weighted by molar-refractivity contribution is 5.97. The molecule has 0 unspecified atom stereocenters. The molecular formula is C15H24N4O. The number of aryl methyl sites for hydroxylation is 1. The first kappa shape index (κ1) is 14.6. The Hall–Kier alpha value is -1.78. The number of hydrogen-bond donors (Lipinski definition) is 2. The number of anilines is 1. The van der Waals surface area contributed by atoms with E-state index in [-0.39, 0.29) is 5.84 Å². The smallest absolute Gasteiger partial charge is 0.170 e. The molecule has 0 saturated heterocycles. The summed E-state index contributed by atoms with van der Waals surface area (Å²) in [5, 5.41) is 11.9. The maximum atomic E-state index is 8.84. The minimum atomic E-state index is 0.136. The maximum absolute atomic E-state index is 8.84. The molecule has 1 heterocycles. The van der Waals surface area contributed by atoms with Crippen LogP contribution >= 0.6 is 0 Å². The van der Waals surface area contributed by atoms with E-state index >= 15 is 0 Å². The van der Waals surface area contributed by atoms with E-state index in [2.05, 4.69) is 22.0 Å². The van der Waals surface area contributed by atoms with Gasteiger partial charge in [-0.3, -0.25) is 0 Å². The zero-order valence-corrected chi connectivity index (χ0v) is 12.3. The van der Waals surface area contributed by atoms with Crippen molar-refractivity contribution in [1.82, 2.24) is 4.98 Å². The highest BCUT2D eigenvalue weighted by Crippen LogP contribution is 2.26. The van der Waals surface area contributed by atoms with E-state index in [9.17, 15) is 0 Å². The van der Waals surface area contributed by atoms with Crippen molar-refractivity contribution < 1.29 is 5.21 Å². The first-order valence-corrected chi connectivity index (χ1v) is 7.39. The predicted molar refractivity (Wildman–Crippen MR) is 81.4 cm³/mol. The summed E-state index contributed by atoms with van der Waals surface area (Å²) in [7, 11) is 0. The van der Waals surface area contributed by atoms with Gasteiger partial charge in [0.05, 0.1) is 0 Å². The summed E-state index contributed by atoms with van der Waals surface area (Å²) in [6, 6.07) is 4.32. The number of rotatable bonds is 4. The van der Waals surface area contributed by atoms with Crippen molar-refractivity contribution in [3.63, 3.8) is 0 Å². The normalized spacial score (nSPS) is 17.2. The van der Waals surface area contributed by atoms with Crippen molar-refractivity contribution >= 4 is 11.7 Å². The zero-order valence-electron chi connectivity index (χ0n) is 12.3. The molecule has 0 aromatic carbocycles. The summed E-state index contributed by atoms with van der Waals surface area (Å²) in [6.07, 6.45) is 6.37. The molecule has 1 aliphatic carbocycles. The number of amidine groups is 1. The summed E-state index contributed by atoms with van der Waals surface area (Å²) >= 11 is 0. The van der Waals surface area contributed by atoms with Crippen LogP contribution < -0.4 is 10.6 Å². The molecule has 1 aliphatic rings. The number of pyridine rings is 1. The van der Waals surface area contributed by atoms with E-state index in [4.69, 9.17) is 10.9 Å². The van der Waals surface area contributed by atoms with Gasteiger partial charge in [-0.1, -0.05) is 24.4 Å². The summed E-state index contributed by atoms with van der Waals surface area (Å²) in [6.45, 7) is 5.02. The third kappa shape index (κ3) is 3.21. The lowest BCUT2D eigenvalue weighted by molar-refractivity contribution is 0.318. The third-order valence-electron chi connectivity index (χ3n) is 3.99. The number of nitrogens with zero attached hydrogens (tertiary/aromatic N) is 3. The molecule has 1 aromatic rings. The quantitative estimate of drug-likeness (QED) is 0.384. The fourth-order valence-corrected chi connectivity index (χ4v) is 3.00. The van der Waals surface area contributed by atoms with Gasteiger partial charge in [-0.2, -0.15) is 0 Å². The van der Waals surface area contributed by atoms with E-state index in [0.717, 1.165) is 23.6 Å². The molecule has 20 heavy (non-hydrogen) atoms. The molecule has 0 atom stereocenters. The van der Waals surface area contributed by atoms with Gasteiger partial charge in [0.2, 0.25) is 0 Å².